The van der Waals surface area contributed by atoms with E-state index in [0.717, 1.165) is 58.2 Å². The Morgan fingerprint density at radius 3 is 1.29 bits per heavy atom. The van der Waals surface area contributed by atoms with E-state index >= 15 is 0 Å². The Kier molecular flexibility index (Phi) is 13.1. The van der Waals surface area contributed by atoms with Crippen LogP contribution in [-0.4, -0.2) is 62.9 Å². The molecule has 72 heavy (non-hydrogen) atoms. The van der Waals surface area contributed by atoms with E-state index < -0.39 is 45.7 Å². The second-order valence-electron chi connectivity index (χ2n) is 17.2. The number of hydrogen-bond acceptors (Lipinski definition) is 10. The minimum absolute atomic E-state index is 0.0142. The molecule has 2 aliphatic heterocycles. The van der Waals surface area contributed by atoms with Crippen LogP contribution in [0.1, 0.15) is 82.6 Å². The second kappa shape index (κ2) is 19.5. The van der Waals surface area contributed by atoms with Crippen LogP contribution < -0.4 is 9.47 Å². The van der Waals surface area contributed by atoms with Gasteiger partial charge < -0.3 is 18.6 Å². The van der Waals surface area contributed by atoms with E-state index in [4.69, 9.17) is 9.47 Å². The van der Waals surface area contributed by atoms with Crippen LogP contribution in [0.15, 0.2) is 85.7 Å². The zero-order valence-electron chi connectivity index (χ0n) is 39.1. The Morgan fingerprint density at radius 2 is 0.958 bits per heavy atom. The molecule has 4 aromatic carbocycles. The van der Waals surface area contributed by atoms with Gasteiger partial charge in [0, 0.05) is 25.5 Å². The number of fused-ring (bicyclic) bond motifs is 2. The van der Waals surface area contributed by atoms with E-state index in [2.05, 4.69) is 42.3 Å². The topological polar surface area (TPSA) is 163 Å². The molecular weight excluding hydrogens is 939 g/mol. The van der Waals surface area contributed by atoms with E-state index in [9.17, 15) is 36.9 Å². The van der Waals surface area contributed by atoms with Crippen molar-refractivity contribution in [1.29, 1.82) is 10.5 Å². The smallest absolute Gasteiger partial charge is 0.194 e. The lowest BCUT2D eigenvalue weighted by molar-refractivity contribution is 0.385. The third-order valence-electron chi connectivity index (χ3n) is 12.6. The van der Waals surface area contributed by atoms with Gasteiger partial charge in [0.25, 0.3) is 0 Å². The molecule has 6 heterocycles. The first-order valence-electron chi connectivity index (χ1n) is 22.5. The van der Waals surface area contributed by atoms with E-state index in [1.165, 1.54) is 0 Å². The highest BCUT2D eigenvalue weighted by atomic mass is 19.2. The van der Waals surface area contributed by atoms with Gasteiger partial charge in [-0.3, -0.25) is 0 Å². The van der Waals surface area contributed by atoms with E-state index in [1.807, 2.05) is 71.8 Å². The molecule has 4 aromatic heterocycles. The van der Waals surface area contributed by atoms with Gasteiger partial charge in [0.2, 0.25) is 0 Å². The fourth-order valence-corrected chi connectivity index (χ4v) is 8.98. The van der Waals surface area contributed by atoms with Gasteiger partial charge in [0.05, 0.1) is 61.8 Å². The van der Waals surface area contributed by atoms with Crippen molar-refractivity contribution in [2.45, 2.75) is 63.5 Å². The number of halogens is 6. The van der Waals surface area contributed by atoms with Gasteiger partial charge in [-0.25, -0.2) is 55.6 Å². The fraction of sp³-hybridized carbons (Fsp3) is 0.231. The lowest BCUT2D eigenvalue weighted by Crippen LogP contribution is -2.35. The minimum atomic E-state index is -1.57. The van der Waals surface area contributed by atoms with Crippen LogP contribution in [0.3, 0.4) is 0 Å². The summed E-state index contributed by atoms with van der Waals surface area (Å²) in [5, 5.41) is 29.1. The molecule has 0 N–H and O–H groups in total. The van der Waals surface area contributed by atoms with Gasteiger partial charge in [-0.15, -0.1) is 0 Å². The number of nitriles is 2. The summed E-state index contributed by atoms with van der Waals surface area (Å²) in [4.78, 5) is 17.5. The van der Waals surface area contributed by atoms with Gasteiger partial charge in [-0.05, 0) is 122 Å². The third kappa shape index (κ3) is 8.98. The van der Waals surface area contributed by atoms with Gasteiger partial charge >= 0.3 is 0 Å². The SMILES string of the molecule is COc1cc(/C=C/c2nc3n(n2)CCC[C@@]3(C#N)c2cc(F)c(F)c(F)c2)ccc1-n1cnc(C)c1.COc1cc(/C=C/c2nc3n(n2)CCC[C@]3(C#N)c2cc(F)c(F)c(F)c2)ccc1-n1cnc(C)c1. The highest BCUT2D eigenvalue weighted by Gasteiger charge is 2.44. The van der Waals surface area contributed by atoms with Crippen LogP contribution in [0.4, 0.5) is 26.3 Å². The van der Waals surface area contributed by atoms with Crippen LogP contribution >= 0.6 is 0 Å². The summed E-state index contributed by atoms with van der Waals surface area (Å²) in [5.41, 5.74) is 2.24. The quantitative estimate of drug-likeness (QED) is 0.0952. The lowest BCUT2D eigenvalue weighted by atomic mass is 9.75. The van der Waals surface area contributed by atoms with Crippen molar-refractivity contribution in [3.8, 4) is 35.0 Å². The molecule has 2 aliphatic rings. The van der Waals surface area contributed by atoms with Crippen molar-refractivity contribution in [1.82, 2.24) is 48.6 Å². The molecule has 10 rings (SSSR count). The monoisotopic (exact) mass is 980 g/mol. The Hall–Kier alpha value is -8.78. The first kappa shape index (κ1) is 48.3. The van der Waals surface area contributed by atoms with Crippen molar-refractivity contribution in [3.63, 3.8) is 0 Å². The number of hydrogen-bond donors (Lipinski definition) is 0. The first-order valence-corrected chi connectivity index (χ1v) is 22.5. The number of nitrogens with zero attached hydrogens (tertiary/aromatic N) is 12. The normalized spacial score (nSPS) is 17.2. The van der Waals surface area contributed by atoms with Crippen molar-refractivity contribution in [2.75, 3.05) is 14.2 Å². The maximum Gasteiger partial charge on any atom is 0.194 e. The molecule has 0 aliphatic carbocycles. The maximum atomic E-state index is 14.0. The molecule has 0 amide bonds. The molecule has 8 aromatic rings. The number of methoxy groups -OCH3 is 2. The first-order chi connectivity index (χ1) is 34.7. The Bertz CT molecular complexity index is 3250. The van der Waals surface area contributed by atoms with Crippen LogP contribution in [0, 0.1) is 71.4 Å². The summed E-state index contributed by atoms with van der Waals surface area (Å²) in [6.45, 7) is 4.81. The number of ether oxygens (including phenoxy) is 2. The number of rotatable bonds is 10. The highest BCUT2D eigenvalue weighted by molar-refractivity contribution is 5.70. The zero-order chi connectivity index (χ0) is 50.9. The van der Waals surface area contributed by atoms with Gasteiger partial charge in [0.1, 0.15) is 22.3 Å². The van der Waals surface area contributed by atoms with Crippen molar-refractivity contribution in [2.24, 2.45) is 0 Å². The maximum absolute atomic E-state index is 14.0. The predicted octanol–water partition coefficient (Wildman–Crippen LogP) is 9.94. The fourth-order valence-electron chi connectivity index (χ4n) is 8.98. The van der Waals surface area contributed by atoms with Gasteiger partial charge in [-0.1, -0.05) is 24.3 Å². The molecule has 20 heteroatoms. The minimum Gasteiger partial charge on any atom is -0.495 e. The summed E-state index contributed by atoms with van der Waals surface area (Å²) in [6, 6.07) is 19.1. The summed E-state index contributed by atoms with van der Waals surface area (Å²) >= 11 is 0. The average Bonchev–Trinajstić information content (AvgIpc) is 4.22. The second-order valence-corrected chi connectivity index (χ2v) is 17.2. The molecule has 0 unspecified atom stereocenters. The van der Waals surface area contributed by atoms with Crippen molar-refractivity contribution < 1.29 is 35.8 Å². The van der Waals surface area contributed by atoms with E-state index in [1.54, 1.807) is 60.5 Å². The van der Waals surface area contributed by atoms with Crippen molar-refractivity contribution in [3.05, 3.63) is 178 Å². The molecule has 0 spiro atoms. The summed E-state index contributed by atoms with van der Waals surface area (Å²) < 4.78 is 101. The van der Waals surface area contributed by atoms with Crippen LogP contribution in [-0.2, 0) is 23.9 Å². The number of benzene rings is 4. The van der Waals surface area contributed by atoms with Crippen LogP contribution in [0.5, 0.6) is 11.5 Å². The number of aromatic nitrogens is 10. The van der Waals surface area contributed by atoms with Crippen molar-refractivity contribution >= 4 is 24.3 Å². The molecule has 0 fully saturated rings. The lowest BCUT2D eigenvalue weighted by Gasteiger charge is -2.30. The highest BCUT2D eigenvalue weighted by Crippen LogP contribution is 2.41. The third-order valence-corrected chi connectivity index (χ3v) is 12.6. The molecular formula is C52H42F6N12O2. The Balaban J connectivity index is 0.000000178. The summed E-state index contributed by atoms with van der Waals surface area (Å²) in [5.74, 6) is -6.03. The predicted molar refractivity (Wildman–Crippen MR) is 251 cm³/mol. The molecule has 0 saturated carbocycles. The molecule has 0 bridgehead atoms. The van der Waals surface area contributed by atoms with Gasteiger partial charge in [0.15, 0.2) is 58.2 Å². The molecule has 2 atom stereocenters. The Morgan fingerprint density at radius 1 is 0.569 bits per heavy atom. The van der Waals surface area contributed by atoms with E-state index in [0.29, 0.717) is 49.1 Å². The van der Waals surface area contributed by atoms with E-state index in [-0.39, 0.29) is 35.6 Å². The standard InChI is InChI=1S/2C26H21F3N6O/c2*1-16-13-34(15-31-16)21-6-4-17(10-22(21)36-2)5-7-23-32-25-26(14-30,8-3-9-35(25)33-23)18-11-19(27)24(29)20(28)12-18/h2*4-7,10-13,15H,3,8-9H2,1-2H3/b2*7-5+/t2*26-/m10/s1. The molecule has 0 saturated heterocycles. The number of imidazole rings is 2. The Labute approximate surface area is 408 Å². The average molecular weight is 981 g/mol. The number of aryl methyl sites for hydroxylation is 4. The summed E-state index contributed by atoms with van der Waals surface area (Å²) in [7, 11) is 3.17. The molecule has 0 radical (unpaired) electrons. The van der Waals surface area contributed by atoms with Gasteiger partial charge in [-0.2, -0.15) is 20.7 Å². The zero-order valence-corrected chi connectivity index (χ0v) is 39.1. The summed E-state index contributed by atoms with van der Waals surface area (Å²) in [6.07, 6.45) is 15.8. The van der Waals surface area contributed by atoms with Crippen LogP contribution in [0.25, 0.3) is 35.7 Å². The molecule has 364 valence electrons. The largest absolute Gasteiger partial charge is 0.495 e. The van der Waals surface area contributed by atoms with Crippen LogP contribution in [0.2, 0.25) is 0 Å². The molecule has 14 nitrogen and oxygen atoms in total.